The first-order valence-corrected chi connectivity index (χ1v) is 9.67. The molecule has 1 aromatic carbocycles. The summed E-state index contributed by atoms with van der Waals surface area (Å²) in [6.07, 6.45) is 0.551. The van der Waals surface area contributed by atoms with Crippen molar-refractivity contribution in [1.82, 2.24) is 10.0 Å². The van der Waals surface area contributed by atoms with Crippen LogP contribution in [0.15, 0.2) is 33.9 Å². The second-order valence-electron chi connectivity index (χ2n) is 5.30. The average Bonchev–Trinajstić information content (AvgIpc) is 3.11. The van der Waals surface area contributed by atoms with E-state index in [2.05, 4.69) is 15.4 Å². The van der Waals surface area contributed by atoms with Gasteiger partial charge in [-0.3, -0.25) is 4.79 Å². The fraction of sp³-hybridized carbons (Fsp3) is 0.267. The van der Waals surface area contributed by atoms with Crippen molar-refractivity contribution in [1.29, 1.82) is 0 Å². The monoisotopic (exact) mass is 405 g/mol. The van der Waals surface area contributed by atoms with Gasteiger partial charge in [0.25, 0.3) is 10.0 Å². The average molecular weight is 406 g/mol. The van der Waals surface area contributed by atoms with Crippen LogP contribution in [0.25, 0.3) is 0 Å². The lowest BCUT2D eigenvalue weighted by Crippen LogP contribution is -2.33. The van der Waals surface area contributed by atoms with Gasteiger partial charge in [-0.2, -0.15) is 0 Å². The molecular formula is C15H17ClFN3O3S2. The number of fused-ring (bicyclic) bond motifs is 1. The van der Waals surface area contributed by atoms with Crippen LogP contribution in [0.2, 0.25) is 0 Å². The lowest BCUT2D eigenvalue weighted by atomic mass is 9.99. The zero-order valence-electron chi connectivity index (χ0n) is 13.0. The van der Waals surface area contributed by atoms with Gasteiger partial charge in [-0.1, -0.05) is 12.1 Å². The predicted octanol–water partition coefficient (Wildman–Crippen LogP) is 1.87. The van der Waals surface area contributed by atoms with E-state index >= 15 is 0 Å². The standard InChI is InChI=1S/C15H16FN3O3S2.ClH/c16-15-11-5-6-17-8-10(11)3-4-12(15)19-13(20)9-18-24(21,22)14-2-1-7-23-14;/h1-4,7,17-18H,5-6,8-9H2,(H,19,20);1H. The molecule has 0 radical (unpaired) electrons. The molecule has 6 nitrogen and oxygen atoms in total. The second kappa shape index (κ2) is 8.24. The van der Waals surface area contributed by atoms with Crippen LogP contribution in [0, 0.1) is 5.82 Å². The minimum absolute atomic E-state index is 0. The van der Waals surface area contributed by atoms with Gasteiger partial charge in [0.1, 0.15) is 10.0 Å². The number of nitrogens with one attached hydrogen (secondary N) is 3. The summed E-state index contributed by atoms with van der Waals surface area (Å²) in [4.78, 5) is 11.9. The Labute approximate surface area is 155 Å². The molecule has 136 valence electrons. The van der Waals surface area contributed by atoms with E-state index in [4.69, 9.17) is 0 Å². The normalized spacial score (nSPS) is 13.6. The highest BCUT2D eigenvalue weighted by Crippen LogP contribution is 2.24. The number of halogens is 2. The Morgan fingerprint density at radius 3 is 2.84 bits per heavy atom. The third-order valence-corrected chi connectivity index (χ3v) is 6.46. The quantitative estimate of drug-likeness (QED) is 0.708. The summed E-state index contributed by atoms with van der Waals surface area (Å²) in [5, 5.41) is 7.20. The molecule has 0 spiro atoms. The molecule has 0 aliphatic carbocycles. The molecule has 1 aliphatic heterocycles. The van der Waals surface area contributed by atoms with Gasteiger partial charge < -0.3 is 10.6 Å². The fourth-order valence-electron chi connectivity index (χ4n) is 2.47. The van der Waals surface area contributed by atoms with Crippen LogP contribution < -0.4 is 15.4 Å². The van der Waals surface area contributed by atoms with Crippen molar-refractivity contribution in [3.05, 3.63) is 46.6 Å². The van der Waals surface area contributed by atoms with E-state index < -0.39 is 28.3 Å². The van der Waals surface area contributed by atoms with Crippen LogP contribution in [0.3, 0.4) is 0 Å². The number of hydrogen-bond acceptors (Lipinski definition) is 5. The first-order valence-electron chi connectivity index (χ1n) is 7.31. The number of benzene rings is 1. The Hall–Kier alpha value is -1.52. The Bertz CT molecular complexity index is 857. The van der Waals surface area contributed by atoms with Crippen LogP contribution in [-0.2, 0) is 27.8 Å². The summed E-state index contributed by atoms with van der Waals surface area (Å²) in [7, 11) is -3.72. The molecule has 25 heavy (non-hydrogen) atoms. The Kier molecular flexibility index (Phi) is 6.53. The molecule has 0 saturated carbocycles. The van der Waals surface area contributed by atoms with Crippen molar-refractivity contribution in [2.24, 2.45) is 0 Å². The number of thiophene rings is 1. The van der Waals surface area contributed by atoms with Crippen molar-refractivity contribution < 1.29 is 17.6 Å². The van der Waals surface area contributed by atoms with E-state index in [1.165, 1.54) is 12.1 Å². The van der Waals surface area contributed by atoms with Gasteiger partial charge in [-0.15, -0.1) is 23.7 Å². The largest absolute Gasteiger partial charge is 0.322 e. The Morgan fingerprint density at radius 1 is 1.32 bits per heavy atom. The molecular weight excluding hydrogens is 389 g/mol. The first kappa shape index (κ1) is 19.8. The molecule has 0 fully saturated rings. The number of rotatable bonds is 5. The van der Waals surface area contributed by atoms with Crippen LogP contribution in [0.4, 0.5) is 10.1 Å². The van der Waals surface area contributed by atoms with E-state index in [0.717, 1.165) is 16.9 Å². The number of carbonyl (C=O) groups excluding carboxylic acids is 1. The summed E-state index contributed by atoms with van der Waals surface area (Å²) >= 11 is 1.06. The second-order valence-corrected chi connectivity index (χ2v) is 8.24. The summed E-state index contributed by atoms with van der Waals surface area (Å²) < 4.78 is 40.7. The summed E-state index contributed by atoms with van der Waals surface area (Å²) in [5.74, 6) is -1.08. The van der Waals surface area contributed by atoms with E-state index in [1.807, 2.05) is 0 Å². The van der Waals surface area contributed by atoms with Crippen molar-refractivity contribution in [2.45, 2.75) is 17.2 Å². The van der Waals surface area contributed by atoms with Crippen LogP contribution in [0.5, 0.6) is 0 Å². The van der Waals surface area contributed by atoms with Gasteiger partial charge >= 0.3 is 0 Å². The van der Waals surface area contributed by atoms with E-state index in [-0.39, 0.29) is 22.3 Å². The molecule has 1 aromatic heterocycles. The molecule has 0 bridgehead atoms. The summed E-state index contributed by atoms with van der Waals surface area (Å²) in [6, 6.07) is 6.31. The molecule has 0 saturated heterocycles. The number of carbonyl (C=O) groups is 1. The topological polar surface area (TPSA) is 87.3 Å². The van der Waals surface area contributed by atoms with Crippen molar-refractivity contribution in [2.75, 3.05) is 18.4 Å². The van der Waals surface area contributed by atoms with Gasteiger partial charge in [0.2, 0.25) is 5.91 Å². The van der Waals surface area contributed by atoms with Crippen LogP contribution in [0.1, 0.15) is 11.1 Å². The highest BCUT2D eigenvalue weighted by atomic mass is 35.5. The number of sulfonamides is 1. The molecule has 0 atom stereocenters. The van der Waals surface area contributed by atoms with Gasteiger partial charge in [-0.25, -0.2) is 17.5 Å². The molecule has 1 aliphatic rings. The van der Waals surface area contributed by atoms with Gasteiger partial charge in [-0.05, 0) is 41.6 Å². The maximum Gasteiger partial charge on any atom is 0.250 e. The number of amides is 1. The van der Waals surface area contributed by atoms with Gasteiger partial charge in [0.15, 0.2) is 0 Å². The lowest BCUT2D eigenvalue weighted by molar-refractivity contribution is -0.115. The third-order valence-electron chi connectivity index (χ3n) is 3.66. The van der Waals surface area contributed by atoms with E-state index in [0.29, 0.717) is 25.1 Å². The highest BCUT2D eigenvalue weighted by Gasteiger charge is 2.19. The van der Waals surface area contributed by atoms with Gasteiger partial charge in [0, 0.05) is 6.54 Å². The molecule has 2 heterocycles. The maximum absolute atomic E-state index is 14.4. The fourth-order valence-corrected chi connectivity index (χ4v) is 4.49. The molecule has 3 N–H and O–H groups in total. The molecule has 3 rings (SSSR count). The summed E-state index contributed by atoms with van der Waals surface area (Å²) in [6.45, 7) is 0.821. The van der Waals surface area contributed by atoms with E-state index in [9.17, 15) is 17.6 Å². The molecule has 2 aromatic rings. The minimum Gasteiger partial charge on any atom is -0.322 e. The predicted molar refractivity (Wildman–Crippen MR) is 97.2 cm³/mol. The maximum atomic E-state index is 14.4. The number of anilines is 1. The zero-order valence-corrected chi connectivity index (χ0v) is 15.5. The minimum atomic E-state index is -3.72. The molecule has 0 unspecified atom stereocenters. The third kappa shape index (κ3) is 4.56. The number of hydrogen-bond donors (Lipinski definition) is 3. The Morgan fingerprint density at radius 2 is 2.12 bits per heavy atom. The molecule has 1 amide bonds. The van der Waals surface area contributed by atoms with Crippen LogP contribution >= 0.6 is 23.7 Å². The zero-order chi connectivity index (χ0) is 17.2. The van der Waals surface area contributed by atoms with Crippen molar-refractivity contribution in [3.63, 3.8) is 0 Å². The highest BCUT2D eigenvalue weighted by molar-refractivity contribution is 7.91. The molecule has 10 heteroatoms. The van der Waals surface area contributed by atoms with Gasteiger partial charge in [0.05, 0.1) is 12.2 Å². The summed E-state index contributed by atoms with van der Waals surface area (Å²) in [5.41, 5.74) is 1.52. The van der Waals surface area contributed by atoms with Crippen molar-refractivity contribution in [3.8, 4) is 0 Å². The SMILES string of the molecule is Cl.O=C(CNS(=O)(=O)c1cccs1)Nc1ccc2c(c1F)CCNC2. The Balaban J connectivity index is 0.00000225. The lowest BCUT2D eigenvalue weighted by Gasteiger charge is -2.19. The first-order chi connectivity index (χ1) is 11.5. The van der Waals surface area contributed by atoms with E-state index in [1.54, 1.807) is 17.5 Å². The smallest absolute Gasteiger partial charge is 0.250 e. The van der Waals surface area contributed by atoms with Crippen LogP contribution in [-0.4, -0.2) is 27.4 Å². The van der Waals surface area contributed by atoms with Crippen molar-refractivity contribution >= 4 is 45.4 Å².